The van der Waals surface area contributed by atoms with Crippen LogP contribution in [0.15, 0.2) is 35.3 Å². The van der Waals surface area contributed by atoms with Crippen molar-refractivity contribution >= 4 is 17.4 Å². The summed E-state index contributed by atoms with van der Waals surface area (Å²) in [6.07, 6.45) is 0.967. The van der Waals surface area contributed by atoms with E-state index in [1.807, 2.05) is 44.2 Å². The number of para-hydroxylation sites is 1. The van der Waals surface area contributed by atoms with Gasteiger partial charge in [0.1, 0.15) is 6.10 Å². The van der Waals surface area contributed by atoms with Gasteiger partial charge in [0, 0.05) is 18.6 Å². The normalized spacial score (nSPS) is 13.2. The topological polar surface area (TPSA) is 38.7 Å². The van der Waals surface area contributed by atoms with Gasteiger partial charge in [-0.3, -0.25) is 9.79 Å². The Labute approximate surface area is 103 Å². The van der Waals surface area contributed by atoms with Crippen LogP contribution in [-0.2, 0) is 9.53 Å². The molecule has 1 atom stereocenters. The SMILES string of the molecule is CCC(=O)OC(C)CC(C)=Nc1ccccc1. The number of rotatable bonds is 5. The van der Waals surface area contributed by atoms with Crippen molar-refractivity contribution in [2.45, 2.75) is 39.7 Å². The fourth-order valence-corrected chi connectivity index (χ4v) is 1.53. The van der Waals surface area contributed by atoms with Crippen LogP contribution in [0.3, 0.4) is 0 Å². The molecule has 0 aliphatic heterocycles. The lowest BCUT2D eigenvalue weighted by atomic mass is 10.2. The molecule has 0 N–H and O–H groups in total. The Kier molecular flexibility index (Phi) is 5.40. The summed E-state index contributed by atoms with van der Waals surface area (Å²) >= 11 is 0. The molecule has 0 aromatic heterocycles. The van der Waals surface area contributed by atoms with Gasteiger partial charge in [-0.15, -0.1) is 0 Å². The van der Waals surface area contributed by atoms with E-state index in [1.165, 1.54) is 0 Å². The standard InChI is InChI=1S/C14H19NO2/c1-4-14(16)17-12(3)10-11(2)15-13-8-6-5-7-9-13/h5-9,12H,4,10H2,1-3H3. The van der Waals surface area contributed by atoms with Crippen molar-refractivity contribution < 1.29 is 9.53 Å². The van der Waals surface area contributed by atoms with Crippen molar-refractivity contribution in [3.63, 3.8) is 0 Å². The van der Waals surface area contributed by atoms with E-state index in [2.05, 4.69) is 4.99 Å². The Morgan fingerprint density at radius 2 is 2.00 bits per heavy atom. The molecular formula is C14H19NO2. The fraction of sp³-hybridized carbons (Fsp3) is 0.429. The number of benzene rings is 1. The number of carbonyl (C=O) groups excluding carboxylic acids is 1. The second-order valence-corrected chi connectivity index (χ2v) is 4.04. The molecule has 1 rings (SSSR count). The van der Waals surface area contributed by atoms with Crippen LogP contribution in [0.1, 0.15) is 33.6 Å². The number of esters is 1. The summed E-state index contributed by atoms with van der Waals surface area (Å²) in [5.74, 6) is -0.162. The smallest absolute Gasteiger partial charge is 0.305 e. The maximum Gasteiger partial charge on any atom is 0.305 e. The van der Waals surface area contributed by atoms with Crippen LogP contribution in [0.4, 0.5) is 5.69 Å². The molecule has 1 unspecified atom stereocenters. The Morgan fingerprint density at radius 1 is 1.35 bits per heavy atom. The van der Waals surface area contributed by atoms with E-state index in [0.29, 0.717) is 12.8 Å². The average Bonchev–Trinajstić information content (AvgIpc) is 2.29. The quantitative estimate of drug-likeness (QED) is 0.576. The molecule has 0 saturated carbocycles. The van der Waals surface area contributed by atoms with Gasteiger partial charge >= 0.3 is 5.97 Å². The number of nitrogens with zero attached hydrogens (tertiary/aromatic N) is 1. The van der Waals surface area contributed by atoms with E-state index in [4.69, 9.17) is 4.74 Å². The van der Waals surface area contributed by atoms with Gasteiger partial charge in [-0.1, -0.05) is 25.1 Å². The third-order valence-corrected chi connectivity index (χ3v) is 2.28. The molecule has 0 heterocycles. The van der Waals surface area contributed by atoms with Crippen molar-refractivity contribution in [3.05, 3.63) is 30.3 Å². The minimum Gasteiger partial charge on any atom is -0.462 e. The average molecular weight is 233 g/mol. The molecular weight excluding hydrogens is 214 g/mol. The van der Waals surface area contributed by atoms with Gasteiger partial charge in [0.15, 0.2) is 0 Å². The number of hydrogen-bond acceptors (Lipinski definition) is 3. The van der Waals surface area contributed by atoms with Crippen LogP contribution in [0, 0.1) is 0 Å². The molecule has 0 radical (unpaired) electrons. The molecule has 0 fully saturated rings. The van der Waals surface area contributed by atoms with Gasteiger partial charge in [0.2, 0.25) is 0 Å². The highest BCUT2D eigenvalue weighted by Crippen LogP contribution is 2.12. The van der Waals surface area contributed by atoms with E-state index in [9.17, 15) is 4.79 Å². The van der Waals surface area contributed by atoms with Crippen LogP contribution in [0.25, 0.3) is 0 Å². The zero-order valence-corrected chi connectivity index (χ0v) is 10.6. The first-order valence-corrected chi connectivity index (χ1v) is 5.90. The molecule has 0 bridgehead atoms. The lowest BCUT2D eigenvalue weighted by molar-refractivity contribution is -0.147. The summed E-state index contributed by atoms with van der Waals surface area (Å²) < 4.78 is 5.19. The Hall–Kier alpha value is -1.64. The van der Waals surface area contributed by atoms with Gasteiger partial charge in [-0.05, 0) is 26.0 Å². The van der Waals surface area contributed by atoms with Crippen molar-refractivity contribution in [2.24, 2.45) is 4.99 Å². The summed E-state index contributed by atoms with van der Waals surface area (Å²) in [6.45, 7) is 5.63. The molecule has 17 heavy (non-hydrogen) atoms. The minimum atomic E-state index is -0.162. The second-order valence-electron chi connectivity index (χ2n) is 4.04. The van der Waals surface area contributed by atoms with Gasteiger partial charge in [-0.2, -0.15) is 0 Å². The molecule has 3 nitrogen and oxygen atoms in total. The summed E-state index contributed by atoms with van der Waals surface area (Å²) in [7, 11) is 0. The van der Waals surface area contributed by atoms with Crippen LogP contribution < -0.4 is 0 Å². The summed E-state index contributed by atoms with van der Waals surface area (Å²) in [4.78, 5) is 15.6. The number of ether oxygens (including phenoxy) is 1. The molecule has 92 valence electrons. The number of aliphatic imine (C=N–C) groups is 1. The van der Waals surface area contributed by atoms with Gasteiger partial charge < -0.3 is 4.74 Å². The summed E-state index contributed by atoms with van der Waals surface area (Å²) in [5, 5.41) is 0. The second kappa shape index (κ2) is 6.84. The first-order valence-electron chi connectivity index (χ1n) is 5.90. The zero-order chi connectivity index (χ0) is 12.7. The van der Waals surface area contributed by atoms with Crippen LogP contribution in [-0.4, -0.2) is 17.8 Å². The highest BCUT2D eigenvalue weighted by Gasteiger charge is 2.08. The monoisotopic (exact) mass is 233 g/mol. The molecule has 3 heteroatoms. The Morgan fingerprint density at radius 3 is 2.59 bits per heavy atom. The molecule has 0 amide bonds. The molecule has 0 aliphatic rings. The van der Waals surface area contributed by atoms with E-state index >= 15 is 0 Å². The Bertz CT molecular complexity index is 384. The first kappa shape index (κ1) is 13.4. The van der Waals surface area contributed by atoms with Crippen molar-refractivity contribution in [2.75, 3.05) is 0 Å². The molecule has 1 aromatic carbocycles. The first-order chi connectivity index (χ1) is 8.11. The van der Waals surface area contributed by atoms with E-state index in [0.717, 1.165) is 11.4 Å². The zero-order valence-electron chi connectivity index (χ0n) is 10.6. The largest absolute Gasteiger partial charge is 0.462 e. The van der Waals surface area contributed by atoms with E-state index < -0.39 is 0 Å². The predicted molar refractivity (Wildman–Crippen MR) is 69.7 cm³/mol. The number of hydrogen-bond donors (Lipinski definition) is 0. The Balaban J connectivity index is 2.51. The van der Waals surface area contributed by atoms with Crippen molar-refractivity contribution in [1.29, 1.82) is 0 Å². The third kappa shape index (κ3) is 5.29. The minimum absolute atomic E-state index is 0.116. The molecule has 0 saturated heterocycles. The highest BCUT2D eigenvalue weighted by atomic mass is 16.5. The van der Waals surface area contributed by atoms with Crippen LogP contribution >= 0.6 is 0 Å². The van der Waals surface area contributed by atoms with Crippen LogP contribution in [0.2, 0.25) is 0 Å². The maximum atomic E-state index is 11.1. The highest BCUT2D eigenvalue weighted by molar-refractivity contribution is 5.85. The lowest BCUT2D eigenvalue weighted by Crippen LogP contribution is -2.16. The van der Waals surface area contributed by atoms with E-state index in [1.54, 1.807) is 6.92 Å². The maximum absolute atomic E-state index is 11.1. The third-order valence-electron chi connectivity index (χ3n) is 2.28. The van der Waals surface area contributed by atoms with Crippen molar-refractivity contribution in [3.8, 4) is 0 Å². The summed E-state index contributed by atoms with van der Waals surface area (Å²) in [6, 6.07) is 9.76. The van der Waals surface area contributed by atoms with Gasteiger partial charge in [-0.25, -0.2) is 0 Å². The van der Waals surface area contributed by atoms with Crippen molar-refractivity contribution in [1.82, 2.24) is 0 Å². The predicted octanol–water partition coefficient (Wildman–Crippen LogP) is 3.51. The van der Waals surface area contributed by atoms with Crippen LogP contribution in [0.5, 0.6) is 0 Å². The summed E-state index contributed by atoms with van der Waals surface area (Å²) in [5.41, 5.74) is 1.90. The molecule has 1 aromatic rings. The molecule has 0 aliphatic carbocycles. The van der Waals surface area contributed by atoms with Gasteiger partial charge in [0.25, 0.3) is 0 Å². The van der Waals surface area contributed by atoms with Gasteiger partial charge in [0.05, 0.1) is 5.69 Å². The lowest BCUT2D eigenvalue weighted by Gasteiger charge is -2.12. The fourth-order valence-electron chi connectivity index (χ4n) is 1.53. The molecule has 0 spiro atoms. The number of carbonyl (C=O) groups is 1. The van der Waals surface area contributed by atoms with E-state index in [-0.39, 0.29) is 12.1 Å².